The molecule has 0 fully saturated rings. The molecule has 4 aromatic rings. The second kappa shape index (κ2) is 8.76. The fourth-order valence-corrected chi connectivity index (χ4v) is 3.63. The highest BCUT2D eigenvalue weighted by Gasteiger charge is 2.22. The van der Waals surface area contributed by atoms with Crippen LogP contribution < -0.4 is 10.6 Å². The minimum atomic E-state index is -0.0562. The van der Waals surface area contributed by atoms with Crippen molar-refractivity contribution in [2.75, 3.05) is 6.54 Å². The average molecular weight is 385 g/mol. The standard InChI is InChI=1S/C25H24N2O2/c1-18(21-14-13-19-8-5-6-11-22(19)16-21)27-24(28)17-26-25(23-12-7-15-29-23)20-9-3-2-4-10-20/h2-16,18,25-26H,17H2,1H3,(H,27,28)/p+1/t18-,25-/m1/s1. The summed E-state index contributed by atoms with van der Waals surface area (Å²) in [6.07, 6.45) is 1.67. The zero-order valence-corrected chi connectivity index (χ0v) is 16.4. The number of carbonyl (C=O) groups is 1. The monoisotopic (exact) mass is 385 g/mol. The molecular weight excluding hydrogens is 360 g/mol. The summed E-state index contributed by atoms with van der Waals surface area (Å²) in [4.78, 5) is 12.6. The van der Waals surface area contributed by atoms with Crippen molar-refractivity contribution in [3.63, 3.8) is 0 Å². The highest BCUT2D eigenvalue weighted by atomic mass is 16.3. The van der Waals surface area contributed by atoms with Crippen molar-refractivity contribution in [1.82, 2.24) is 5.32 Å². The fourth-order valence-electron chi connectivity index (χ4n) is 3.63. The number of nitrogens with two attached hydrogens (primary N) is 1. The van der Waals surface area contributed by atoms with Crippen molar-refractivity contribution in [3.8, 4) is 0 Å². The Morgan fingerprint density at radius 3 is 2.41 bits per heavy atom. The molecule has 1 amide bonds. The van der Waals surface area contributed by atoms with Gasteiger partial charge < -0.3 is 15.1 Å². The first-order chi connectivity index (χ1) is 14.2. The molecule has 4 nitrogen and oxygen atoms in total. The molecule has 29 heavy (non-hydrogen) atoms. The normalized spacial score (nSPS) is 13.1. The van der Waals surface area contributed by atoms with Crippen molar-refractivity contribution in [2.45, 2.75) is 19.0 Å². The third-order valence-corrected chi connectivity index (χ3v) is 5.20. The van der Waals surface area contributed by atoms with Crippen molar-refractivity contribution >= 4 is 16.7 Å². The maximum atomic E-state index is 12.6. The molecule has 3 N–H and O–H groups in total. The Labute approximate surface area is 170 Å². The SMILES string of the molecule is C[C@@H](NC(=O)C[NH2+][C@H](c1ccccc1)c1ccco1)c1ccc2ccccc2c1. The molecule has 0 unspecified atom stereocenters. The van der Waals surface area contributed by atoms with Gasteiger partial charge >= 0.3 is 0 Å². The molecule has 2 atom stereocenters. The quantitative estimate of drug-likeness (QED) is 0.506. The van der Waals surface area contributed by atoms with E-state index in [2.05, 4.69) is 47.8 Å². The first kappa shape index (κ1) is 19.0. The maximum absolute atomic E-state index is 12.6. The highest BCUT2D eigenvalue weighted by molar-refractivity contribution is 5.83. The van der Waals surface area contributed by atoms with Gasteiger partial charge in [-0.25, -0.2) is 0 Å². The fraction of sp³-hybridized carbons (Fsp3) is 0.160. The van der Waals surface area contributed by atoms with Crippen LogP contribution in [0.15, 0.2) is 95.6 Å². The van der Waals surface area contributed by atoms with E-state index in [1.807, 2.05) is 54.7 Å². The van der Waals surface area contributed by atoms with E-state index in [1.165, 1.54) is 10.8 Å². The summed E-state index contributed by atoms with van der Waals surface area (Å²) in [6, 6.07) is 28.4. The largest absolute Gasteiger partial charge is 0.463 e. The lowest BCUT2D eigenvalue weighted by atomic mass is 10.0. The lowest BCUT2D eigenvalue weighted by Gasteiger charge is -2.17. The Kier molecular flexibility index (Phi) is 5.73. The van der Waals surface area contributed by atoms with Gasteiger partial charge in [0.15, 0.2) is 18.3 Å². The van der Waals surface area contributed by atoms with Gasteiger partial charge in [-0.1, -0.05) is 66.7 Å². The Morgan fingerprint density at radius 1 is 0.897 bits per heavy atom. The molecule has 0 saturated carbocycles. The highest BCUT2D eigenvalue weighted by Crippen LogP contribution is 2.20. The van der Waals surface area contributed by atoms with Gasteiger partial charge in [-0.3, -0.25) is 4.79 Å². The van der Waals surface area contributed by atoms with E-state index in [1.54, 1.807) is 6.26 Å². The van der Waals surface area contributed by atoms with Crippen LogP contribution in [-0.4, -0.2) is 12.5 Å². The van der Waals surface area contributed by atoms with Crippen molar-refractivity contribution in [2.24, 2.45) is 0 Å². The minimum absolute atomic E-state index is 0.00172. The third-order valence-electron chi connectivity index (χ3n) is 5.20. The number of rotatable bonds is 7. The van der Waals surface area contributed by atoms with E-state index in [4.69, 9.17) is 4.42 Å². The minimum Gasteiger partial charge on any atom is -0.463 e. The average Bonchev–Trinajstić information content (AvgIpc) is 3.29. The van der Waals surface area contributed by atoms with E-state index < -0.39 is 0 Å². The van der Waals surface area contributed by atoms with E-state index >= 15 is 0 Å². The summed E-state index contributed by atoms with van der Waals surface area (Å²) in [5.41, 5.74) is 2.21. The summed E-state index contributed by atoms with van der Waals surface area (Å²) in [6.45, 7) is 2.33. The number of furan rings is 1. The number of quaternary nitrogens is 1. The number of fused-ring (bicyclic) bond motifs is 1. The van der Waals surface area contributed by atoms with Gasteiger partial charge in [-0.2, -0.15) is 0 Å². The molecule has 0 bridgehead atoms. The van der Waals surface area contributed by atoms with Gasteiger partial charge in [0.05, 0.1) is 12.3 Å². The summed E-state index contributed by atoms with van der Waals surface area (Å²) in [5.74, 6) is 0.838. The van der Waals surface area contributed by atoms with E-state index in [0.29, 0.717) is 6.54 Å². The Morgan fingerprint density at radius 2 is 1.66 bits per heavy atom. The lowest BCUT2D eigenvalue weighted by Crippen LogP contribution is -2.87. The van der Waals surface area contributed by atoms with Gasteiger partial charge in [0.2, 0.25) is 0 Å². The molecule has 146 valence electrons. The lowest BCUT2D eigenvalue weighted by molar-refractivity contribution is -0.678. The summed E-state index contributed by atoms with van der Waals surface area (Å²) in [7, 11) is 0. The Hall–Kier alpha value is -3.37. The molecule has 1 aromatic heterocycles. The summed E-state index contributed by atoms with van der Waals surface area (Å²) >= 11 is 0. The van der Waals surface area contributed by atoms with Gasteiger partial charge in [0, 0.05) is 5.56 Å². The van der Waals surface area contributed by atoms with E-state index in [9.17, 15) is 4.79 Å². The van der Waals surface area contributed by atoms with Gasteiger partial charge in [-0.15, -0.1) is 0 Å². The molecule has 0 aliphatic carbocycles. The molecule has 4 heteroatoms. The molecule has 1 heterocycles. The van der Waals surface area contributed by atoms with Crippen molar-refractivity contribution in [3.05, 3.63) is 108 Å². The molecule has 4 rings (SSSR count). The second-order valence-corrected chi connectivity index (χ2v) is 7.24. The first-order valence-corrected chi connectivity index (χ1v) is 9.90. The molecule has 0 aliphatic rings. The predicted molar refractivity (Wildman–Crippen MR) is 114 cm³/mol. The van der Waals surface area contributed by atoms with E-state index in [-0.39, 0.29) is 18.0 Å². The first-order valence-electron chi connectivity index (χ1n) is 9.90. The van der Waals surface area contributed by atoms with Gasteiger partial charge in [0.1, 0.15) is 0 Å². The van der Waals surface area contributed by atoms with Crippen LogP contribution in [0.5, 0.6) is 0 Å². The van der Waals surface area contributed by atoms with Crippen LogP contribution in [0.25, 0.3) is 10.8 Å². The number of hydrogen-bond acceptors (Lipinski definition) is 2. The Balaban J connectivity index is 1.41. The van der Waals surface area contributed by atoms with Crippen LogP contribution in [-0.2, 0) is 4.79 Å². The maximum Gasteiger partial charge on any atom is 0.275 e. The van der Waals surface area contributed by atoms with Crippen LogP contribution in [0.3, 0.4) is 0 Å². The number of benzene rings is 3. The number of carbonyl (C=O) groups excluding carboxylic acids is 1. The molecule has 0 aliphatic heterocycles. The number of nitrogens with one attached hydrogen (secondary N) is 1. The molecule has 3 aromatic carbocycles. The topological polar surface area (TPSA) is 58.9 Å². The van der Waals surface area contributed by atoms with Crippen LogP contribution in [0.4, 0.5) is 0 Å². The second-order valence-electron chi connectivity index (χ2n) is 7.24. The molecule has 0 spiro atoms. The summed E-state index contributed by atoms with van der Waals surface area (Å²) < 4.78 is 5.61. The third kappa shape index (κ3) is 4.55. The van der Waals surface area contributed by atoms with Crippen LogP contribution in [0, 0.1) is 0 Å². The van der Waals surface area contributed by atoms with Gasteiger partial charge in [-0.05, 0) is 41.5 Å². The predicted octanol–water partition coefficient (Wildman–Crippen LogP) is 3.96. The molecular formula is C25H25N2O2+. The zero-order valence-electron chi connectivity index (χ0n) is 16.4. The van der Waals surface area contributed by atoms with Crippen LogP contribution in [0.2, 0.25) is 0 Å². The van der Waals surface area contributed by atoms with Crippen LogP contribution >= 0.6 is 0 Å². The van der Waals surface area contributed by atoms with Crippen LogP contribution in [0.1, 0.15) is 35.9 Å². The Bertz CT molecular complexity index is 1070. The van der Waals surface area contributed by atoms with Crippen molar-refractivity contribution in [1.29, 1.82) is 0 Å². The molecule has 0 saturated heterocycles. The van der Waals surface area contributed by atoms with Gasteiger partial charge in [0.25, 0.3) is 5.91 Å². The zero-order chi connectivity index (χ0) is 20.1. The number of amides is 1. The molecule has 0 radical (unpaired) electrons. The smallest absolute Gasteiger partial charge is 0.275 e. The van der Waals surface area contributed by atoms with E-state index in [0.717, 1.165) is 16.9 Å². The number of hydrogen-bond donors (Lipinski definition) is 2. The van der Waals surface area contributed by atoms with Crippen molar-refractivity contribution < 1.29 is 14.5 Å². The summed E-state index contributed by atoms with van der Waals surface area (Å²) in [5, 5.41) is 7.50.